The van der Waals surface area contributed by atoms with Crippen LogP contribution in [0.4, 0.5) is 0 Å². The zero-order valence-corrected chi connectivity index (χ0v) is 17.2. The molecule has 2 saturated carbocycles. The Morgan fingerprint density at radius 1 is 1.19 bits per heavy atom. The van der Waals surface area contributed by atoms with Crippen molar-refractivity contribution in [2.45, 2.75) is 42.8 Å². The predicted octanol–water partition coefficient (Wildman–Crippen LogP) is -1.83. The molecule has 10 nitrogen and oxygen atoms in total. The van der Waals surface area contributed by atoms with Gasteiger partial charge in [-0.25, -0.2) is 0 Å². The molecule has 3 aliphatic rings. The summed E-state index contributed by atoms with van der Waals surface area (Å²) in [5, 5.41) is 54.5. The van der Waals surface area contributed by atoms with Crippen LogP contribution >= 0.6 is 11.6 Å². The largest absolute Gasteiger partial charge is 0.507 e. The van der Waals surface area contributed by atoms with E-state index >= 15 is 0 Å². The Morgan fingerprint density at radius 3 is 2.39 bits per heavy atom. The van der Waals surface area contributed by atoms with Gasteiger partial charge in [0.25, 0.3) is 0 Å². The summed E-state index contributed by atoms with van der Waals surface area (Å²) in [6, 6.07) is 1.11. The van der Waals surface area contributed by atoms with Crippen LogP contribution in [0.25, 0.3) is 0 Å². The Morgan fingerprint density at radius 2 is 1.81 bits per heavy atom. The summed E-state index contributed by atoms with van der Waals surface area (Å²) in [6.45, 7) is 1.34. The molecule has 0 aliphatic heterocycles. The fourth-order valence-corrected chi connectivity index (χ4v) is 6.17. The Labute approximate surface area is 181 Å². The SMILES string of the molecule is C[C@@]1(O)c2c(Cl)ccc(O)c2C(=O)[C@@H]2[C@@H](O)[C@]3(O)C(=O)[C@@H](C(N)=O)[C@@H](O)[C@@H](N)[C@@H]3C[C@@H]21. The minimum Gasteiger partial charge on any atom is -0.507 e. The zero-order chi connectivity index (χ0) is 23.2. The van der Waals surface area contributed by atoms with Crippen LogP contribution in [-0.4, -0.2) is 66.9 Å². The monoisotopic (exact) mass is 454 g/mol. The number of fused-ring (bicyclic) bond motifs is 3. The van der Waals surface area contributed by atoms with Crippen LogP contribution in [0.3, 0.4) is 0 Å². The molecule has 0 saturated heterocycles. The molecule has 1 amide bonds. The van der Waals surface area contributed by atoms with Crippen molar-refractivity contribution in [1.29, 1.82) is 0 Å². The van der Waals surface area contributed by atoms with Crippen molar-refractivity contribution in [3.05, 3.63) is 28.3 Å². The fourth-order valence-electron chi connectivity index (χ4n) is 5.82. The highest BCUT2D eigenvalue weighted by Gasteiger charge is 2.70. The lowest BCUT2D eigenvalue weighted by atomic mass is 9.49. The number of hydrogen-bond donors (Lipinski definition) is 7. The van der Waals surface area contributed by atoms with E-state index in [1.54, 1.807) is 0 Å². The summed E-state index contributed by atoms with van der Waals surface area (Å²) in [5.41, 5.74) is 6.38. The first-order valence-corrected chi connectivity index (χ1v) is 10.1. The van der Waals surface area contributed by atoms with Gasteiger partial charge in [-0.3, -0.25) is 14.4 Å². The molecule has 3 aliphatic carbocycles. The highest BCUT2D eigenvalue weighted by molar-refractivity contribution is 6.32. The molecule has 1 aromatic carbocycles. The van der Waals surface area contributed by atoms with Gasteiger partial charge < -0.3 is 37.0 Å². The lowest BCUT2D eigenvalue weighted by molar-refractivity contribution is -0.221. The van der Waals surface area contributed by atoms with Gasteiger partial charge in [0.05, 0.1) is 23.2 Å². The maximum absolute atomic E-state index is 13.3. The zero-order valence-electron chi connectivity index (χ0n) is 16.4. The van der Waals surface area contributed by atoms with Gasteiger partial charge in [0.1, 0.15) is 17.8 Å². The van der Waals surface area contributed by atoms with Gasteiger partial charge in [0.2, 0.25) is 5.91 Å². The van der Waals surface area contributed by atoms with Gasteiger partial charge in [0.15, 0.2) is 17.2 Å². The van der Waals surface area contributed by atoms with Crippen molar-refractivity contribution < 1.29 is 39.9 Å². The number of nitrogens with two attached hydrogens (primary N) is 2. The molecule has 0 bridgehead atoms. The molecule has 0 aromatic heterocycles. The van der Waals surface area contributed by atoms with Gasteiger partial charge in [-0.05, 0) is 25.5 Å². The molecule has 0 radical (unpaired) electrons. The number of hydrogen-bond acceptors (Lipinski definition) is 9. The van der Waals surface area contributed by atoms with Crippen LogP contribution in [-0.2, 0) is 15.2 Å². The first-order chi connectivity index (χ1) is 14.3. The Bertz CT molecular complexity index is 1010. The van der Waals surface area contributed by atoms with Gasteiger partial charge >= 0.3 is 0 Å². The van der Waals surface area contributed by atoms with Crippen molar-refractivity contribution in [3.8, 4) is 5.75 Å². The first kappa shape index (κ1) is 22.1. The predicted molar refractivity (Wildman–Crippen MR) is 105 cm³/mol. The minimum atomic E-state index is -2.67. The number of aliphatic hydroxyl groups is 4. The minimum absolute atomic E-state index is 0.0118. The number of phenols is 1. The van der Waals surface area contributed by atoms with Crippen LogP contribution in [0.1, 0.15) is 29.3 Å². The van der Waals surface area contributed by atoms with Gasteiger partial charge in [0, 0.05) is 28.5 Å². The smallest absolute Gasteiger partial charge is 0.230 e. The number of carbonyl (C=O) groups is 3. The van der Waals surface area contributed by atoms with E-state index in [0.717, 1.165) is 6.07 Å². The molecule has 31 heavy (non-hydrogen) atoms. The average molecular weight is 455 g/mol. The quantitative estimate of drug-likeness (QED) is 0.238. The van der Waals surface area contributed by atoms with E-state index in [1.165, 1.54) is 13.0 Å². The molecule has 9 atom stereocenters. The first-order valence-electron chi connectivity index (χ1n) is 9.74. The van der Waals surface area contributed by atoms with Crippen molar-refractivity contribution >= 4 is 29.1 Å². The molecule has 168 valence electrons. The van der Waals surface area contributed by atoms with E-state index in [2.05, 4.69) is 0 Å². The van der Waals surface area contributed by atoms with Crippen LogP contribution in [0, 0.1) is 23.7 Å². The standard InChI is InChI=1S/C20H23ClN2O8/c1-19(30)5-4-6-13(22)15(26)11(18(23)29)17(28)20(6,31)16(27)9(5)14(25)10-8(24)3-2-7(21)12(10)19/h2-3,5-6,9,11,13,15-16,24,26-27,30-31H,4,22H2,1H3,(H2,23,29)/t5-,6-,9+,11-,13-,15+,16+,19-,20-/m0/s1. The number of carbonyl (C=O) groups excluding carboxylic acids is 3. The number of Topliss-reactive ketones (excluding diaryl/α,β-unsaturated/α-hetero) is 2. The summed E-state index contributed by atoms with van der Waals surface area (Å²) < 4.78 is 0. The van der Waals surface area contributed by atoms with Crippen molar-refractivity contribution in [2.24, 2.45) is 35.1 Å². The third-order valence-electron chi connectivity index (χ3n) is 7.39. The third-order valence-corrected chi connectivity index (χ3v) is 7.71. The number of halogens is 1. The van der Waals surface area contributed by atoms with Crippen LogP contribution in [0.2, 0.25) is 5.02 Å². The van der Waals surface area contributed by atoms with Crippen molar-refractivity contribution in [3.63, 3.8) is 0 Å². The lowest BCUT2D eigenvalue weighted by Crippen LogP contribution is -2.76. The second-order valence-electron chi connectivity index (χ2n) is 8.89. The van der Waals surface area contributed by atoms with Crippen molar-refractivity contribution in [2.75, 3.05) is 0 Å². The van der Waals surface area contributed by atoms with Crippen LogP contribution in [0.5, 0.6) is 5.75 Å². The molecule has 9 N–H and O–H groups in total. The normalized spacial score (nSPS) is 44.3. The van der Waals surface area contributed by atoms with Gasteiger partial charge in [-0.2, -0.15) is 0 Å². The van der Waals surface area contributed by atoms with Gasteiger partial charge in [-0.1, -0.05) is 11.6 Å². The summed E-state index contributed by atoms with van der Waals surface area (Å²) in [7, 11) is 0. The number of aliphatic hydroxyl groups excluding tert-OH is 2. The van der Waals surface area contributed by atoms with E-state index in [0.29, 0.717) is 0 Å². The maximum atomic E-state index is 13.3. The number of rotatable bonds is 1. The second kappa shape index (κ2) is 6.71. The fraction of sp³-hybridized carbons (Fsp3) is 0.550. The Kier molecular flexibility index (Phi) is 4.79. The third kappa shape index (κ3) is 2.60. The summed E-state index contributed by atoms with van der Waals surface area (Å²) in [4.78, 5) is 38.1. The molecular formula is C20H23ClN2O8. The molecule has 1 aromatic rings. The van der Waals surface area contributed by atoms with Crippen LogP contribution < -0.4 is 11.5 Å². The van der Waals surface area contributed by atoms with Crippen LogP contribution in [0.15, 0.2) is 12.1 Å². The Hall–Kier alpha value is -2.08. The number of ketones is 2. The highest BCUT2D eigenvalue weighted by atomic mass is 35.5. The topological polar surface area (TPSA) is 204 Å². The highest BCUT2D eigenvalue weighted by Crippen LogP contribution is 2.57. The molecule has 0 unspecified atom stereocenters. The molecule has 11 heteroatoms. The summed E-state index contributed by atoms with van der Waals surface area (Å²) >= 11 is 6.22. The van der Waals surface area contributed by atoms with E-state index in [9.17, 15) is 39.9 Å². The summed E-state index contributed by atoms with van der Waals surface area (Å²) in [5.74, 6) is -9.54. The van der Waals surface area contributed by atoms with E-state index < -0.39 is 76.3 Å². The second-order valence-corrected chi connectivity index (χ2v) is 9.29. The molecular weight excluding hydrogens is 432 g/mol. The molecule has 0 spiro atoms. The molecule has 0 heterocycles. The van der Waals surface area contributed by atoms with E-state index in [4.69, 9.17) is 23.1 Å². The Balaban J connectivity index is 1.92. The maximum Gasteiger partial charge on any atom is 0.230 e. The van der Waals surface area contributed by atoms with Gasteiger partial charge in [-0.15, -0.1) is 0 Å². The molecule has 4 rings (SSSR count). The number of phenolic OH excluding ortho intramolecular Hbond substituents is 1. The van der Waals surface area contributed by atoms with Crippen molar-refractivity contribution in [1.82, 2.24) is 0 Å². The number of aromatic hydroxyl groups is 1. The van der Waals surface area contributed by atoms with E-state index in [-0.39, 0.29) is 22.6 Å². The number of amides is 1. The average Bonchev–Trinajstić information content (AvgIpc) is 2.67. The lowest BCUT2D eigenvalue weighted by Gasteiger charge is -2.58. The summed E-state index contributed by atoms with van der Waals surface area (Å²) in [6.07, 6.45) is -4.06. The van der Waals surface area contributed by atoms with E-state index in [1.807, 2.05) is 0 Å². The molecule has 2 fully saturated rings. The number of primary amides is 1. The number of benzene rings is 1.